The second kappa shape index (κ2) is 3.88. The summed E-state index contributed by atoms with van der Waals surface area (Å²) in [6.45, 7) is 0. The molecule has 0 unspecified atom stereocenters. The van der Waals surface area contributed by atoms with E-state index in [4.69, 9.17) is 0 Å². The van der Waals surface area contributed by atoms with Crippen molar-refractivity contribution in [3.8, 4) is 11.1 Å². The highest BCUT2D eigenvalue weighted by atomic mass is 16.1. The molecule has 0 bridgehead atoms. The summed E-state index contributed by atoms with van der Waals surface area (Å²) in [5, 5.41) is 0. The molecule has 0 radical (unpaired) electrons. The van der Waals surface area contributed by atoms with Gasteiger partial charge < -0.3 is 4.98 Å². The van der Waals surface area contributed by atoms with E-state index in [0.717, 1.165) is 5.56 Å². The molecule has 0 aromatic carbocycles. The first-order valence-electron chi connectivity index (χ1n) is 4.39. The van der Waals surface area contributed by atoms with Crippen LogP contribution in [0.5, 0.6) is 0 Å². The molecule has 1 N–H and O–H groups in total. The molecule has 2 aromatic heterocycles. The van der Waals surface area contributed by atoms with Crippen LogP contribution in [0.15, 0.2) is 41.6 Å². The van der Waals surface area contributed by atoms with Crippen molar-refractivity contribution in [3.63, 3.8) is 0 Å². The summed E-state index contributed by atoms with van der Waals surface area (Å²) in [7, 11) is 0. The molecule has 4 heteroatoms. The number of hydrogen-bond donors (Lipinski definition) is 1. The van der Waals surface area contributed by atoms with E-state index in [1.807, 2.05) is 0 Å². The Kier molecular flexibility index (Phi) is 2.41. The van der Waals surface area contributed by atoms with Gasteiger partial charge in [-0.3, -0.25) is 14.6 Å². The Balaban J connectivity index is 2.62. The Hall–Kier alpha value is -2.23. The first kappa shape index (κ1) is 9.33. The zero-order valence-electron chi connectivity index (χ0n) is 7.81. The third-order valence-corrected chi connectivity index (χ3v) is 2.05. The third kappa shape index (κ3) is 1.83. The second-order valence-corrected chi connectivity index (χ2v) is 3.03. The standard InChI is InChI=1S/C11H8N2O2/c14-7-8-5-10(11(15)13-6-8)9-1-3-12-4-2-9/h1-7H,(H,13,15). The normalized spacial score (nSPS) is 9.87. The topological polar surface area (TPSA) is 62.8 Å². The Bertz CT molecular complexity index is 532. The molecule has 4 nitrogen and oxygen atoms in total. The Morgan fingerprint density at radius 2 is 2.00 bits per heavy atom. The maximum atomic E-state index is 11.5. The van der Waals surface area contributed by atoms with Crippen LogP contribution >= 0.6 is 0 Å². The molecule has 2 heterocycles. The quantitative estimate of drug-likeness (QED) is 0.742. The number of carbonyl (C=O) groups is 1. The van der Waals surface area contributed by atoms with Gasteiger partial charge in [-0.05, 0) is 23.8 Å². The number of aromatic amines is 1. The first-order chi connectivity index (χ1) is 7.31. The maximum Gasteiger partial charge on any atom is 0.255 e. The van der Waals surface area contributed by atoms with Crippen molar-refractivity contribution < 1.29 is 4.79 Å². The molecule has 0 amide bonds. The summed E-state index contributed by atoms with van der Waals surface area (Å²) in [5.74, 6) is 0. The fourth-order valence-electron chi connectivity index (χ4n) is 1.31. The molecule has 0 aliphatic heterocycles. The number of nitrogens with zero attached hydrogens (tertiary/aromatic N) is 1. The minimum absolute atomic E-state index is 0.216. The molecule has 0 aliphatic rings. The van der Waals surface area contributed by atoms with Crippen molar-refractivity contribution in [2.75, 3.05) is 0 Å². The van der Waals surface area contributed by atoms with Gasteiger partial charge in [0.15, 0.2) is 6.29 Å². The molecule has 0 saturated heterocycles. The minimum atomic E-state index is -0.216. The zero-order chi connectivity index (χ0) is 10.7. The monoisotopic (exact) mass is 200 g/mol. The average Bonchev–Trinajstić information content (AvgIpc) is 2.31. The molecule has 0 atom stereocenters. The second-order valence-electron chi connectivity index (χ2n) is 3.03. The smallest absolute Gasteiger partial charge is 0.255 e. The lowest BCUT2D eigenvalue weighted by atomic mass is 10.1. The van der Waals surface area contributed by atoms with Gasteiger partial charge in [0.05, 0.1) is 0 Å². The summed E-state index contributed by atoms with van der Waals surface area (Å²) < 4.78 is 0. The van der Waals surface area contributed by atoms with Crippen LogP contribution in [0.2, 0.25) is 0 Å². The van der Waals surface area contributed by atoms with Gasteiger partial charge in [0.25, 0.3) is 5.56 Å². The van der Waals surface area contributed by atoms with E-state index < -0.39 is 0 Å². The average molecular weight is 200 g/mol. The van der Waals surface area contributed by atoms with Crippen LogP contribution in [0.25, 0.3) is 11.1 Å². The van der Waals surface area contributed by atoms with Gasteiger partial charge in [0.1, 0.15) is 0 Å². The highest BCUT2D eigenvalue weighted by Crippen LogP contribution is 2.13. The number of aldehydes is 1. The Labute approximate surface area is 85.6 Å². The molecule has 15 heavy (non-hydrogen) atoms. The molecule has 0 saturated carbocycles. The van der Waals surface area contributed by atoms with Crippen LogP contribution in [0.1, 0.15) is 10.4 Å². The predicted molar refractivity (Wildman–Crippen MR) is 55.7 cm³/mol. The molecule has 0 fully saturated rings. The summed E-state index contributed by atoms with van der Waals surface area (Å²) in [6, 6.07) is 5.00. The van der Waals surface area contributed by atoms with Gasteiger partial charge in [-0.2, -0.15) is 0 Å². The molecule has 74 valence electrons. The van der Waals surface area contributed by atoms with E-state index >= 15 is 0 Å². The fraction of sp³-hybridized carbons (Fsp3) is 0. The van der Waals surface area contributed by atoms with Gasteiger partial charge in [-0.1, -0.05) is 0 Å². The van der Waals surface area contributed by atoms with Crippen LogP contribution in [-0.4, -0.2) is 16.3 Å². The van der Waals surface area contributed by atoms with E-state index in [2.05, 4.69) is 9.97 Å². The molecular formula is C11H8N2O2. The summed E-state index contributed by atoms with van der Waals surface area (Å²) >= 11 is 0. The van der Waals surface area contributed by atoms with E-state index in [-0.39, 0.29) is 5.56 Å². The maximum absolute atomic E-state index is 11.5. The van der Waals surface area contributed by atoms with Gasteiger partial charge in [-0.15, -0.1) is 0 Å². The van der Waals surface area contributed by atoms with Crippen molar-refractivity contribution >= 4 is 6.29 Å². The van der Waals surface area contributed by atoms with Crippen LogP contribution in [0.3, 0.4) is 0 Å². The van der Waals surface area contributed by atoms with Crippen LogP contribution in [0.4, 0.5) is 0 Å². The Morgan fingerprint density at radius 3 is 2.67 bits per heavy atom. The van der Waals surface area contributed by atoms with E-state index in [1.54, 1.807) is 30.6 Å². The lowest BCUT2D eigenvalue weighted by Gasteiger charge is -1.99. The number of hydrogen-bond acceptors (Lipinski definition) is 3. The molecule has 0 aliphatic carbocycles. The fourth-order valence-corrected chi connectivity index (χ4v) is 1.31. The number of pyridine rings is 2. The lowest BCUT2D eigenvalue weighted by Crippen LogP contribution is -2.08. The predicted octanol–water partition coefficient (Wildman–Crippen LogP) is 1.25. The third-order valence-electron chi connectivity index (χ3n) is 2.05. The lowest BCUT2D eigenvalue weighted by molar-refractivity contribution is 0.112. The molecular weight excluding hydrogens is 192 g/mol. The van der Waals surface area contributed by atoms with Crippen molar-refractivity contribution in [2.24, 2.45) is 0 Å². The highest BCUT2D eigenvalue weighted by Gasteiger charge is 2.03. The van der Waals surface area contributed by atoms with Gasteiger partial charge >= 0.3 is 0 Å². The number of rotatable bonds is 2. The number of aromatic nitrogens is 2. The molecule has 0 spiro atoms. The largest absolute Gasteiger partial charge is 0.328 e. The van der Waals surface area contributed by atoms with Crippen molar-refractivity contribution in [1.29, 1.82) is 0 Å². The van der Waals surface area contributed by atoms with Crippen molar-refractivity contribution in [3.05, 3.63) is 52.7 Å². The van der Waals surface area contributed by atoms with Gasteiger partial charge in [-0.25, -0.2) is 0 Å². The summed E-state index contributed by atoms with van der Waals surface area (Å²) in [4.78, 5) is 28.4. The van der Waals surface area contributed by atoms with E-state index in [1.165, 1.54) is 6.20 Å². The highest BCUT2D eigenvalue weighted by molar-refractivity contribution is 5.77. The zero-order valence-corrected chi connectivity index (χ0v) is 7.81. The van der Waals surface area contributed by atoms with Crippen LogP contribution in [0, 0.1) is 0 Å². The first-order valence-corrected chi connectivity index (χ1v) is 4.39. The van der Waals surface area contributed by atoms with Crippen LogP contribution in [-0.2, 0) is 0 Å². The van der Waals surface area contributed by atoms with Gasteiger partial charge in [0.2, 0.25) is 0 Å². The SMILES string of the molecule is O=Cc1c[nH]c(=O)c(-c2ccncc2)c1. The number of H-pyrrole nitrogens is 1. The summed E-state index contributed by atoms with van der Waals surface area (Å²) in [6.07, 6.45) is 5.28. The molecule has 2 aromatic rings. The van der Waals surface area contributed by atoms with Crippen molar-refractivity contribution in [1.82, 2.24) is 9.97 Å². The summed E-state index contributed by atoms with van der Waals surface area (Å²) in [5.41, 5.74) is 1.45. The van der Waals surface area contributed by atoms with Crippen LogP contribution < -0.4 is 5.56 Å². The minimum Gasteiger partial charge on any atom is -0.328 e. The number of nitrogens with one attached hydrogen (secondary N) is 1. The number of carbonyl (C=O) groups excluding carboxylic acids is 1. The van der Waals surface area contributed by atoms with Crippen molar-refractivity contribution in [2.45, 2.75) is 0 Å². The molecule has 2 rings (SSSR count). The van der Waals surface area contributed by atoms with E-state index in [0.29, 0.717) is 17.4 Å². The van der Waals surface area contributed by atoms with Gasteiger partial charge in [0, 0.05) is 29.7 Å². The Morgan fingerprint density at radius 1 is 1.27 bits per heavy atom. The van der Waals surface area contributed by atoms with E-state index in [9.17, 15) is 9.59 Å².